The van der Waals surface area contributed by atoms with Crippen molar-refractivity contribution in [2.24, 2.45) is 0 Å². The summed E-state index contributed by atoms with van der Waals surface area (Å²) in [5.74, 6) is 1.59. The predicted octanol–water partition coefficient (Wildman–Crippen LogP) is 4.77. The highest BCUT2D eigenvalue weighted by Crippen LogP contribution is 2.31. The molecular weight excluding hydrogens is 379 g/mol. The van der Waals surface area contributed by atoms with Crippen molar-refractivity contribution < 1.29 is 13.2 Å². The maximum absolute atomic E-state index is 13.0. The minimum atomic E-state index is -4.41. The number of nitrogens with one attached hydrogen (secondary N) is 2. The molecule has 29 heavy (non-hydrogen) atoms. The number of alkyl halides is 3. The zero-order valence-electron chi connectivity index (χ0n) is 15.6. The summed E-state index contributed by atoms with van der Waals surface area (Å²) in [5.41, 5.74) is 0.386. The SMILES string of the molecule is FC(F)(F)c1cccc(Nc2nc(-c3ccccc3)nc(C3CCNCC3)n2)c1. The topological polar surface area (TPSA) is 62.7 Å². The van der Waals surface area contributed by atoms with Gasteiger partial charge in [0, 0.05) is 17.2 Å². The van der Waals surface area contributed by atoms with Gasteiger partial charge in [0.05, 0.1) is 5.56 Å². The third-order valence-electron chi connectivity index (χ3n) is 4.84. The first kappa shape index (κ1) is 19.3. The Bertz CT molecular complexity index is 970. The van der Waals surface area contributed by atoms with Crippen LogP contribution < -0.4 is 10.6 Å². The summed E-state index contributed by atoms with van der Waals surface area (Å²) in [7, 11) is 0. The summed E-state index contributed by atoms with van der Waals surface area (Å²) in [6, 6.07) is 14.5. The number of piperidine rings is 1. The molecule has 0 radical (unpaired) electrons. The molecule has 1 aromatic heterocycles. The van der Waals surface area contributed by atoms with Gasteiger partial charge in [-0.1, -0.05) is 36.4 Å². The van der Waals surface area contributed by atoms with Crippen molar-refractivity contribution in [3.63, 3.8) is 0 Å². The van der Waals surface area contributed by atoms with Crippen molar-refractivity contribution in [3.05, 3.63) is 66.0 Å². The van der Waals surface area contributed by atoms with E-state index in [0.717, 1.165) is 43.6 Å². The van der Waals surface area contributed by atoms with E-state index in [1.54, 1.807) is 6.07 Å². The van der Waals surface area contributed by atoms with Crippen LogP contribution in [-0.4, -0.2) is 28.0 Å². The third kappa shape index (κ3) is 4.71. The first-order valence-corrected chi connectivity index (χ1v) is 9.45. The van der Waals surface area contributed by atoms with Crippen LogP contribution in [-0.2, 0) is 6.18 Å². The van der Waals surface area contributed by atoms with Gasteiger partial charge in [0.2, 0.25) is 5.95 Å². The molecule has 0 unspecified atom stereocenters. The van der Waals surface area contributed by atoms with E-state index in [9.17, 15) is 13.2 Å². The number of anilines is 2. The second-order valence-corrected chi connectivity index (χ2v) is 6.93. The summed E-state index contributed by atoms with van der Waals surface area (Å²) in [6.07, 6.45) is -2.60. The molecule has 2 N–H and O–H groups in total. The van der Waals surface area contributed by atoms with Crippen molar-refractivity contribution in [2.75, 3.05) is 18.4 Å². The van der Waals surface area contributed by atoms with E-state index >= 15 is 0 Å². The molecule has 4 rings (SSSR count). The average Bonchev–Trinajstić information content (AvgIpc) is 2.74. The van der Waals surface area contributed by atoms with Crippen LogP contribution in [0.2, 0.25) is 0 Å². The highest BCUT2D eigenvalue weighted by atomic mass is 19.4. The zero-order valence-corrected chi connectivity index (χ0v) is 15.6. The Kier molecular flexibility index (Phi) is 5.44. The number of halogens is 3. The van der Waals surface area contributed by atoms with Crippen molar-refractivity contribution in [3.8, 4) is 11.4 Å². The van der Waals surface area contributed by atoms with Crippen LogP contribution in [0.15, 0.2) is 54.6 Å². The Balaban J connectivity index is 1.70. The number of hydrogen-bond acceptors (Lipinski definition) is 5. The second-order valence-electron chi connectivity index (χ2n) is 6.93. The molecule has 0 amide bonds. The summed E-state index contributed by atoms with van der Waals surface area (Å²) < 4.78 is 39.1. The van der Waals surface area contributed by atoms with E-state index in [-0.39, 0.29) is 17.6 Å². The smallest absolute Gasteiger partial charge is 0.324 e. The molecule has 5 nitrogen and oxygen atoms in total. The maximum Gasteiger partial charge on any atom is 0.416 e. The van der Waals surface area contributed by atoms with E-state index in [4.69, 9.17) is 0 Å². The molecule has 1 fully saturated rings. The van der Waals surface area contributed by atoms with E-state index < -0.39 is 11.7 Å². The van der Waals surface area contributed by atoms with Crippen LogP contribution in [0.1, 0.15) is 30.1 Å². The molecule has 150 valence electrons. The van der Waals surface area contributed by atoms with Gasteiger partial charge in [0.15, 0.2) is 5.82 Å². The molecular formula is C21H20F3N5. The van der Waals surface area contributed by atoms with Crippen LogP contribution in [0.25, 0.3) is 11.4 Å². The minimum Gasteiger partial charge on any atom is -0.324 e. The number of nitrogens with zero attached hydrogens (tertiary/aromatic N) is 3. The van der Waals surface area contributed by atoms with Gasteiger partial charge in [-0.25, -0.2) is 4.98 Å². The van der Waals surface area contributed by atoms with Crippen LogP contribution in [0.4, 0.5) is 24.8 Å². The van der Waals surface area contributed by atoms with Crippen molar-refractivity contribution >= 4 is 11.6 Å². The fourth-order valence-electron chi connectivity index (χ4n) is 3.33. The lowest BCUT2D eigenvalue weighted by Crippen LogP contribution is -2.27. The van der Waals surface area contributed by atoms with E-state index in [2.05, 4.69) is 25.6 Å². The van der Waals surface area contributed by atoms with Gasteiger partial charge in [-0.2, -0.15) is 23.1 Å². The lowest BCUT2D eigenvalue weighted by atomic mass is 9.97. The van der Waals surface area contributed by atoms with Gasteiger partial charge in [0.25, 0.3) is 0 Å². The highest BCUT2D eigenvalue weighted by molar-refractivity contribution is 5.59. The molecule has 2 aromatic carbocycles. The molecule has 0 aliphatic carbocycles. The number of rotatable bonds is 4. The molecule has 0 saturated carbocycles. The third-order valence-corrected chi connectivity index (χ3v) is 4.84. The summed E-state index contributed by atoms with van der Waals surface area (Å²) in [4.78, 5) is 13.6. The largest absolute Gasteiger partial charge is 0.416 e. The fraction of sp³-hybridized carbons (Fsp3) is 0.286. The Morgan fingerprint density at radius 3 is 2.38 bits per heavy atom. The van der Waals surface area contributed by atoms with Crippen LogP contribution in [0.5, 0.6) is 0 Å². The molecule has 2 heterocycles. The molecule has 3 aromatic rings. The van der Waals surface area contributed by atoms with Gasteiger partial charge in [-0.15, -0.1) is 0 Å². The van der Waals surface area contributed by atoms with Crippen LogP contribution in [0, 0.1) is 0 Å². The summed E-state index contributed by atoms with van der Waals surface area (Å²) in [6.45, 7) is 1.76. The average molecular weight is 399 g/mol. The second kappa shape index (κ2) is 8.16. The van der Waals surface area contributed by atoms with Gasteiger partial charge in [-0.05, 0) is 44.1 Å². The molecule has 8 heteroatoms. The van der Waals surface area contributed by atoms with Crippen molar-refractivity contribution in [2.45, 2.75) is 24.9 Å². The molecule has 0 bridgehead atoms. The molecule has 0 atom stereocenters. The first-order chi connectivity index (χ1) is 14.0. The Hall–Kier alpha value is -3.00. The van der Waals surface area contributed by atoms with Crippen molar-refractivity contribution in [1.82, 2.24) is 20.3 Å². The lowest BCUT2D eigenvalue weighted by molar-refractivity contribution is -0.137. The Labute approximate surface area is 166 Å². The van der Waals surface area contributed by atoms with Gasteiger partial charge < -0.3 is 10.6 Å². The summed E-state index contributed by atoms with van der Waals surface area (Å²) in [5, 5.41) is 6.24. The highest BCUT2D eigenvalue weighted by Gasteiger charge is 2.30. The Morgan fingerprint density at radius 1 is 0.897 bits per heavy atom. The molecule has 0 spiro atoms. The number of benzene rings is 2. The number of aromatic nitrogens is 3. The first-order valence-electron chi connectivity index (χ1n) is 9.45. The quantitative estimate of drug-likeness (QED) is 0.662. The van der Waals surface area contributed by atoms with Gasteiger partial charge >= 0.3 is 6.18 Å². The minimum absolute atomic E-state index is 0.184. The van der Waals surface area contributed by atoms with E-state index in [1.807, 2.05) is 30.3 Å². The van der Waals surface area contributed by atoms with Crippen LogP contribution in [0.3, 0.4) is 0 Å². The molecule has 1 saturated heterocycles. The number of hydrogen-bond donors (Lipinski definition) is 2. The van der Waals surface area contributed by atoms with E-state index in [1.165, 1.54) is 6.07 Å². The fourth-order valence-corrected chi connectivity index (χ4v) is 3.33. The van der Waals surface area contributed by atoms with E-state index in [0.29, 0.717) is 11.6 Å². The molecule has 1 aliphatic rings. The maximum atomic E-state index is 13.0. The Morgan fingerprint density at radius 2 is 1.66 bits per heavy atom. The monoisotopic (exact) mass is 399 g/mol. The van der Waals surface area contributed by atoms with Crippen LogP contribution >= 0.6 is 0 Å². The lowest BCUT2D eigenvalue weighted by Gasteiger charge is -2.22. The van der Waals surface area contributed by atoms with Gasteiger partial charge in [-0.3, -0.25) is 0 Å². The van der Waals surface area contributed by atoms with Crippen molar-refractivity contribution in [1.29, 1.82) is 0 Å². The summed E-state index contributed by atoms with van der Waals surface area (Å²) >= 11 is 0. The molecule has 1 aliphatic heterocycles. The standard InChI is InChI=1S/C21H20F3N5/c22-21(23,24)16-7-4-8-17(13-16)26-20-28-18(14-5-2-1-3-6-14)27-19(29-20)15-9-11-25-12-10-15/h1-8,13,15,25H,9-12H2,(H,26,27,28,29). The predicted molar refractivity (Wildman–Crippen MR) is 105 cm³/mol. The zero-order chi connectivity index (χ0) is 20.3. The van der Waals surface area contributed by atoms with Gasteiger partial charge in [0.1, 0.15) is 5.82 Å². The normalized spacial score (nSPS) is 15.3.